The molecule has 4 nitrogen and oxygen atoms in total. The van der Waals surface area contributed by atoms with Crippen LogP contribution in [0.4, 0.5) is 0 Å². The number of fused-ring (bicyclic) bond motifs is 3. The molecule has 0 heterocycles. The Balaban J connectivity index is 1.71. The number of hydrogen-bond acceptors (Lipinski definition) is 3. The maximum absolute atomic E-state index is 12.6. The smallest absolute Gasteiger partial charge is 0.306 e. The van der Waals surface area contributed by atoms with E-state index < -0.39 is 11.4 Å². The van der Waals surface area contributed by atoms with Crippen molar-refractivity contribution in [2.75, 3.05) is 6.61 Å². The summed E-state index contributed by atoms with van der Waals surface area (Å²) in [5, 5.41) is 19.6. The second kappa shape index (κ2) is 5.06. The van der Waals surface area contributed by atoms with E-state index in [1.165, 1.54) is 0 Å². The number of aliphatic hydroxyl groups is 1. The van der Waals surface area contributed by atoms with Gasteiger partial charge in [-0.05, 0) is 73.5 Å². The zero-order chi connectivity index (χ0) is 17.3. The number of carbonyl (C=O) groups excluding carboxylic acids is 1. The second-order valence-corrected chi connectivity index (χ2v) is 9.70. The van der Waals surface area contributed by atoms with Crippen molar-refractivity contribution in [2.45, 2.75) is 65.2 Å². The van der Waals surface area contributed by atoms with Crippen molar-refractivity contribution in [3.05, 3.63) is 0 Å². The number of carboxylic acids is 1. The molecule has 0 aromatic heterocycles. The van der Waals surface area contributed by atoms with Gasteiger partial charge in [0.1, 0.15) is 5.78 Å². The summed E-state index contributed by atoms with van der Waals surface area (Å²) >= 11 is 0. The first kappa shape index (κ1) is 16.6. The lowest BCUT2D eigenvalue weighted by Crippen LogP contribution is -2.60. The molecule has 4 saturated carbocycles. The molecule has 0 aliphatic heterocycles. The van der Waals surface area contributed by atoms with E-state index in [1.807, 2.05) is 6.92 Å². The molecule has 1 spiro atoms. The molecule has 4 aliphatic rings. The third kappa shape index (κ3) is 1.89. The van der Waals surface area contributed by atoms with Gasteiger partial charge in [-0.15, -0.1) is 0 Å². The minimum absolute atomic E-state index is 0.0494. The Morgan fingerprint density at radius 2 is 1.88 bits per heavy atom. The van der Waals surface area contributed by atoms with E-state index in [0.29, 0.717) is 18.3 Å². The maximum atomic E-state index is 12.6. The highest BCUT2D eigenvalue weighted by molar-refractivity contribution is 5.86. The van der Waals surface area contributed by atoms with E-state index in [2.05, 4.69) is 6.92 Å². The lowest BCUT2D eigenvalue weighted by molar-refractivity contribution is -0.173. The standard InChI is InChI=1S/C20H30O4/c1-18-7-6-16(22)19(2,11-21)14(18)5-8-20-9-12(3-4-15(18)20)13(10-20)17(23)24/h12-15,21H,3-11H2,1-2H3,(H,23,24). The molecule has 0 aromatic carbocycles. The van der Waals surface area contributed by atoms with Crippen molar-refractivity contribution in [1.82, 2.24) is 0 Å². The molecule has 4 fully saturated rings. The zero-order valence-electron chi connectivity index (χ0n) is 14.9. The van der Waals surface area contributed by atoms with Crippen LogP contribution >= 0.6 is 0 Å². The van der Waals surface area contributed by atoms with Crippen molar-refractivity contribution in [3.8, 4) is 0 Å². The lowest BCUT2D eigenvalue weighted by atomic mass is 9.41. The van der Waals surface area contributed by atoms with E-state index >= 15 is 0 Å². The molecule has 24 heavy (non-hydrogen) atoms. The van der Waals surface area contributed by atoms with Crippen molar-refractivity contribution in [3.63, 3.8) is 0 Å². The topological polar surface area (TPSA) is 74.6 Å². The molecule has 134 valence electrons. The monoisotopic (exact) mass is 334 g/mol. The van der Waals surface area contributed by atoms with Crippen molar-refractivity contribution >= 4 is 11.8 Å². The molecule has 0 amide bonds. The van der Waals surface area contributed by atoms with Gasteiger partial charge in [0.15, 0.2) is 0 Å². The highest BCUT2D eigenvalue weighted by Gasteiger charge is 2.66. The minimum atomic E-state index is -0.608. The van der Waals surface area contributed by atoms with Crippen molar-refractivity contribution in [2.24, 2.45) is 39.9 Å². The Labute approximate surface area is 144 Å². The summed E-state index contributed by atoms with van der Waals surface area (Å²) in [6.07, 6.45) is 7.54. The number of carbonyl (C=O) groups is 2. The fourth-order valence-corrected chi connectivity index (χ4v) is 7.78. The number of carboxylic acid groups (broad SMARTS) is 1. The minimum Gasteiger partial charge on any atom is -0.481 e. The van der Waals surface area contributed by atoms with Crippen LogP contribution in [0.2, 0.25) is 0 Å². The first-order chi connectivity index (χ1) is 11.3. The Hall–Kier alpha value is -0.900. The summed E-state index contributed by atoms with van der Waals surface area (Å²) in [4.78, 5) is 24.3. The number of ketones is 1. The third-order valence-corrected chi connectivity index (χ3v) is 8.89. The molecule has 7 unspecified atom stereocenters. The van der Waals surface area contributed by atoms with Gasteiger partial charge in [0, 0.05) is 6.42 Å². The SMILES string of the molecule is CC1(CO)C(=O)CCC2(C)C3CCC4CC3(CCC12)CC4C(=O)O. The fourth-order valence-electron chi connectivity index (χ4n) is 7.78. The summed E-state index contributed by atoms with van der Waals surface area (Å²) in [5.41, 5.74) is -0.355. The molecule has 7 atom stereocenters. The number of aliphatic hydroxyl groups excluding tert-OH is 1. The van der Waals surface area contributed by atoms with Crippen LogP contribution in [0.5, 0.6) is 0 Å². The zero-order valence-corrected chi connectivity index (χ0v) is 14.9. The average Bonchev–Trinajstić information content (AvgIpc) is 2.82. The normalized spacial score (nSPS) is 53.4. The van der Waals surface area contributed by atoms with Gasteiger partial charge in [0.05, 0.1) is 17.9 Å². The molecule has 4 heteroatoms. The molecule has 2 N–H and O–H groups in total. The van der Waals surface area contributed by atoms with Crippen LogP contribution in [-0.2, 0) is 9.59 Å². The summed E-state index contributed by atoms with van der Waals surface area (Å²) in [7, 11) is 0. The van der Waals surface area contributed by atoms with Crippen molar-refractivity contribution in [1.29, 1.82) is 0 Å². The predicted octanol–water partition coefficient (Wildman–Crippen LogP) is 3.27. The van der Waals surface area contributed by atoms with Gasteiger partial charge >= 0.3 is 5.97 Å². The number of hydrogen-bond donors (Lipinski definition) is 2. The van der Waals surface area contributed by atoms with Gasteiger partial charge in [0.2, 0.25) is 0 Å². The molecule has 2 bridgehead atoms. The van der Waals surface area contributed by atoms with Crippen molar-refractivity contribution < 1.29 is 19.8 Å². The predicted molar refractivity (Wildman–Crippen MR) is 89.3 cm³/mol. The Morgan fingerprint density at radius 1 is 1.12 bits per heavy atom. The van der Waals surface area contributed by atoms with Gasteiger partial charge in [0.25, 0.3) is 0 Å². The van der Waals surface area contributed by atoms with Gasteiger partial charge in [-0.25, -0.2) is 0 Å². The number of rotatable bonds is 2. The molecular weight excluding hydrogens is 304 g/mol. The Kier molecular flexibility index (Phi) is 3.49. The molecule has 0 saturated heterocycles. The van der Waals surface area contributed by atoms with E-state index in [1.54, 1.807) is 0 Å². The summed E-state index contributed by atoms with van der Waals surface area (Å²) in [6, 6.07) is 0. The van der Waals surface area contributed by atoms with Crippen LogP contribution in [0.25, 0.3) is 0 Å². The molecule has 0 radical (unpaired) electrons. The highest BCUT2D eigenvalue weighted by atomic mass is 16.4. The first-order valence-corrected chi connectivity index (χ1v) is 9.64. The molecule has 4 aliphatic carbocycles. The van der Waals surface area contributed by atoms with E-state index in [9.17, 15) is 19.8 Å². The van der Waals surface area contributed by atoms with E-state index in [4.69, 9.17) is 0 Å². The lowest BCUT2D eigenvalue weighted by Gasteiger charge is -2.63. The van der Waals surface area contributed by atoms with Gasteiger partial charge in [-0.3, -0.25) is 9.59 Å². The second-order valence-electron chi connectivity index (χ2n) is 9.70. The van der Waals surface area contributed by atoms with Gasteiger partial charge < -0.3 is 10.2 Å². The largest absolute Gasteiger partial charge is 0.481 e. The van der Waals surface area contributed by atoms with Crippen LogP contribution < -0.4 is 0 Å². The van der Waals surface area contributed by atoms with Crippen LogP contribution in [0.3, 0.4) is 0 Å². The molecule has 0 aromatic rings. The first-order valence-electron chi connectivity index (χ1n) is 9.64. The quantitative estimate of drug-likeness (QED) is 0.813. The summed E-state index contributed by atoms with van der Waals surface area (Å²) < 4.78 is 0. The number of Topliss-reactive ketones (excluding diaryl/α,β-unsaturated/α-hetero) is 1. The highest BCUT2D eigenvalue weighted by Crippen LogP contribution is 2.71. The molecule has 4 rings (SSSR count). The van der Waals surface area contributed by atoms with Crippen LogP contribution in [0, 0.1) is 39.9 Å². The summed E-state index contributed by atoms with van der Waals surface area (Å²) in [5.74, 6) is 0.573. The third-order valence-electron chi connectivity index (χ3n) is 8.89. The fraction of sp³-hybridized carbons (Fsp3) is 0.900. The van der Waals surface area contributed by atoms with Crippen LogP contribution in [0.15, 0.2) is 0 Å². The van der Waals surface area contributed by atoms with E-state index in [-0.39, 0.29) is 35.1 Å². The van der Waals surface area contributed by atoms with Gasteiger partial charge in [-0.1, -0.05) is 13.8 Å². The number of aliphatic carboxylic acids is 1. The van der Waals surface area contributed by atoms with E-state index in [0.717, 1.165) is 44.9 Å². The Morgan fingerprint density at radius 3 is 2.54 bits per heavy atom. The molecular formula is C20H30O4. The van der Waals surface area contributed by atoms with Gasteiger partial charge in [-0.2, -0.15) is 0 Å². The van der Waals surface area contributed by atoms with Crippen LogP contribution in [-0.4, -0.2) is 28.6 Å². The Bertz CT molecular complexity index is 586. The maximum Gasteiger partial charge on any atom is 0.306 e. The average molecular weight is 334 g/mol. The van der Waals surface area contributed by atoms with Crippen LogP contribution in [0.1, 0.15) is 65.2 Å². The summed E-state index contributed by atoms with van der Waals surface area (Å²) in [6.45, 7) is 4.26.